The number of Topliss-reactive ketones (excluding diaryl/α,β-unsaturated/α-hetero) is 1. The summed E-state index contributed by atoms with van der Waals surface area (Å²) >= 11 is 0. The Balaban J connectivity index is 2.26. The van der Waals surface area contributed by atoms with Crippen molar-refractivity contribution < 1.29 is 22.5 Å². The molecule has 0 bridgehead atoms. The third kappa shape index (κ3) is 5.22. The Morgan fingerprint density at radius 2 is 1.65 bits per heavy atom. The van der Waals surface area contributed by atoms with Gasteiger partial charge in [-0.15, -0.1) is 0 Å². The van der Waals surface area contributed by atoms with Gasteiger partial charge in [0.25, 0.3) is 0 Å². The number of nitrogens with one attached hydrogen (secondary N) is 1. The van der Waals surface area contributed by atoms with Crippen LogP contribution in [0.4, 0.5) is 0 Å². The van der Waals surface area contributed by atoms with Crippen LogP contribution in [-0.4, -0.2) is 32.5 Å². The molecular formula is C19H23NO5S. The SMILES string of the molecule is CCCCNS(=O)(=O)OCC(O)(C(=O)c1ccccc1)c1ccccc1. The number of aliphatic hydroxyl groups is 1. The summed E-state index contributed by atoms with van der Waals surface area (Å²) in [6, 6.07) is 16.4. The van der Waals surface area contributed by atoms with Crippen molar-refractivity contribution in [3.05, 3.63) is 71.8 Å². The number of unbranched alkanes of at least 4 members (excludes halogenated alkanes) is 1. The minimum atomic E-state index is -4.07. The predicted molar refractivity (Wildman–Crippen MR) is 98.9 cm³/mol. The van der Waals surface area contributed by atoms with E-state index in [1.807, 2.05) is 6.92 Å². The minimum absolute atomic E-state index is 0.231. The van der Waals surface area contributed by atoms with Gasteiger partial charge in [0, 0.05) is 12.1 Å². The molecule has 0 aliphatic heterocycles. The lowest BCUT2D eigenvalue weighted by Gasteiger charge is -2.27. The number of ketones is 1. The summed E-state index contributed by atoms with van der Waals surface area (Å²) in [6.07, 6.45) is 1.48. The molecule has 0 fully saturated rings. The Morgan fingerprint density at radius 3 is 2.23 bits per heavy atom. The first-order chi connectivity index (χ1) is 12.4. The number of rotatable bonds is 10. The van der Waals surface area contributed by atoms with E-state index in [1.165, 1.54) is 0 Å². The van der Waals surface area contributed by atoms with Gasteiger partial charge in [0.1, 0.15) is 6.61 Å². The first-order valence-corrected chi connectivity index (χ1v) is 9.81. The zero-order chi connectivity index (χ0) is 19.0. The standard InChI is InChI=1S/C19H23NO5S/c1-2-3-14-20-26(23,24)25-15-19(22,17-12-8-5-9-13-17)18(21)16-10-6-4-7-11-16/h4-13,20,22H,2-3,14-15H2,1H3. The summed E-state index contributed by atoms with van der Waals surface area (Å²) in [4.78, 5) is 12.9. The van der Waals surface area contributed by atoms with Crippen LogP contribution in [0.1, 0.15) is 35.7 Å². The number of hydrogen-bond donors (Lipinski definition) is 2. The van der Waals surface area contributed by atoms with Crippen molar-refractivity contribution in [2.24, 2.45) is 0 Å². The van der Waals surface area contributed by atoms with E-state index in [1.54, 1.807) is 60.7 Å². The third-order valence-electron chi connectivity index (χ3n) is 3.90. The van der Waals surface area contributed by atoms with E-state index >= 15 is 0 Å². The second kappa shape index (κ2) is 9.05. The Labute approximate surface area is 154 Å². The van der Waals surface area contributed by atoms with Crippen molar-refractivity contribution in [3.8, 4) is 0 Å². The van der Waals surface area contributed by atoms with Gasteiger partial charge in [-0.05, 0) is 12.0 Å². The Hall–Kier alpha value is -2.06. The fourth-order valence-electron chi connectivity index (χ4n) is 2.40. The Bertz CT molecular complexity index is 808. The van der Waals surface area contributed by atoms with Gasteiger partial charge in [0.15, 0.2) is 5.60 Å². The summed E-state index contributed by atoms with van der Waals surface area (Å²) in [7, 11) is -4.07. The molecule has 26 heavy (non-hydrogen) atoms. The lowest BCUT2D eigenvalue weighted by atomic mass is 9.86. The zero-order valence-corrected chi connectivity index (χ0v) is 15.4. The van der Waals surface area contributed by atoms with Crippen LogP contribution in [0.15, 0.2) is 60.7 Å². The molecule has 0 saturated carbocycles. The highest BCUT2D eigenvalue weighted by molar-refractivity contribution is 7.84. The molecule has 0 aliphatic rings. The molecule has 2 rings (SSSR count). The molecule has 2 N–H and O–H groups in total. The molecule has 0 aliphatic carbocycles. The molecule has 0 saturated heterocycles. The average Bonchev–Trinajstić information content (AvgIpc) is 2.67. The molecule has 1 atom stereocenters. The van der Waals surface area contributed by atoms with Gasteiger partial charge in [-0.1, -0.05) is 74.0 Å². The van der Waals surface area contributed by atoms with Gasteiger partial charge in [-0.25, -0.2) is 0 Å². The quantitative estimate of drug-likeness (QED) is 0.490. The maximum Gasteiger partial charge on any atom is 0.335 e. The monoisotopic (exact) mass is 377 g/mol. The van der Waals surface area contributed by atoms with Crippen LogP contribution < -0.4 is 4.72 Å². The first-order valence-electron chi connectivity index (χ1n) is 8.41. The van der Waals surface area contributed by atoms with E-state index in [-0.39, 0.29) is 17.7 Å². The Kier molecular flexibility index (Phi) is 7.05. The van der Waals surface area contributed by atoms with Crippen LogP contribution in [0, 0.1) is 0 Å². The molecule has 0 amide bonds. The average molecular weight is 377 g/mol. The second-order valence-corrected chi connectivity index (χ2v) is 7.32. The van der Waals surface area contributed by atoms with Crippen LogP contribution in [0.25, 0.3) is 0 Å². The summed E-state index contributed by atoms with van der Waals surface area (Å²) in [6.45, 7) is 1.45. The van der Waals surface area contributed by atoms with Crippen molar-refractivity contribution in [2.45, 2.75) is 25.4 Å². The van der Waals surface area contributed by atoms with Gasteiger partial charge in [-0.3, -0.25) is 8.98 Å². The van der Waals surface area contributed by atoms with E-state index in [0.717, 1.165) is 6.42 Å². The largest absolute Gasteiger partial charge is 0.375 e. The maximum atomic E-state index is 12.9. The van der Waals surface area contributed by atoms with Crippen molar-refractivity contribution >= 4 is 16.1 Å². The zero-order valence-electron chi connectivity index (χ0n) is 14.6. The van der Waals surface area contributed by atoms with E-state index in [0.29, 0.717) is 6.42 Å². The number of carbonyl (C=O) groups excluding carboxylic acids is 1. The fraction of sp³-hybridized carbons (Fsp3) is 0.316. The second-order valence-electron chi connectivity index (χ2n) is 5.89. The van der Waals surface area contributed by atoms with E-state index in [4.69, 9.17) is 4.18 Å². The molecule has 0 heterocycles. The topological polar surface area (TPSA) is 92.7 Å². The number of carbonyl (C=O) groups is 1. The highest BCUT2D eigenvalue weighted by Gasteiger charge is 2.40. The number of benzene rings is 2. The molecule has 0 aromatic heterocycles. The molecule has 1 unspecified atom stereocenters. The fourth-order valence-corrected chi connectivity index (χ4v) is 3.20. The lowest BCUT2D eigenvalue weighted by Crippen LogP contribution is -2.42. The first kappa shape index (κ1) is 20.3. The molecule has 2 aromatic carbocycles. The van der Waals surface area contributed by atoms with Crippen LogP contribution >= 0.6 is 0 Å². The summed E-state index contributed by atoms with van der Waals surface area (Å²) in [5, 5.41) is 11.1. The van der Waals surface area contributed by atoms with Gasteiger partial charge < -0.3 is 5.11 Å². The molecule has 7 heteroatoms. The van der Waals surface area contributed by atoms with Crippen molar-refractivity contribution in [1.82, 2.24) is 4.72 Å². The van der Waals surface area contributed by atoms with E-state index in [2.05, 4.69) is 4.72 Å². The number of hydrogen-bond acceptors (Lipinski definition) is 5. The molecule has 0 radical (unpaired) electrons. The Morgan fingerprint density at radius 1 is 1.08 bits per heavy atom. The highest BCUT2D eigenvalue weighted by Crippen LogP contribution is 2.27. The van der Waals surface area contributed by atoms with Gasteiger partial charge >= 0.3 is 10.3 Å². The highest BCUT2D eigenvalue weighted by atomic mass is 32.2. The maximum absolute atomic E-state index is 12.9. The molecule has 140 valence electrons. The van der Waals surface area contributed by atoms with Crippen LogP contribution in [0.5, 0.6) is 0 Å². The summed E-state index contributed by atoms with van der Waals surface area (Å²) < 4.78 is 31.2. The smallest absolute Gasteiger partial charge is 0.335 e. The van der Waals surface area contributed by atoms with E-state index < -0.39 is 28.3 Å². The minimum Gasteiger partial charge on any atom is -0.375 e. The summed E-state index contributed by atoms with van der Waals surface area (Å²) in [5.41, 5.74) is -1.60. The normalized spacial score (nSPS) is 13.9. The molecular weight excluding hydrogens is 354 g/mol. The van der Waals surface area contributed by atoms with Crippen LogP contribution in [0.2, 0.25) is 0 Å². The molecule has 0 spiro atoms. The van der Waals surface area contributed by atoms with Gasteiger partial charge in [0.05, 0.1) is 0 Å². The molecule has 2 aromatic rings. The predicted octanol–water partition coefficient (Wildman–Crippen LogP) is 2.41. The lowest BCUT2D eigenvalue weighted by molar-refractivity contribution is 0.00375. The van der Waals surface area contributed by atoms with Crippen LogP contribution in [0.3, 0.4) is 0 Å². The molecule has 6 nitrogen and oxygen atoms in total. The van der Waals surface area contributed by atoms with Gasteiger partial charge in [-0.2, -0.15) is 13.1 Å². The van der Waals surface area contributed by atoms with Crippen molar-refractivity contribution in [3.63, 3.8) is 0 Å². The third-order valence-corrected chi connectivity index (χ3v) is 4.88. The van der Waals surface area contributed by atoms with Crippen LogP contribution in [-0.2, 0) is 20.1 Å². The van der Waals surface area contributed by atoms with Crippen molar-refractivity contribution in [2.75, 3.05) is 13.2 Å². The summed E-state index contributed by atoms with van der Waals surface area (Å²) in [5.74, 6) is -0.631. The van der Waals surface area contributed by atoms with Gasteiger partial charge in [0.2, 0.25) is 5.78 Å². The van der Waals surface area contributed by atoms with E-state index in [9.17, 15) is 18.3 Å². The van der Waals surface area contributed by atoms with Crippen molar-refractivity contribution in [1.29, 1.82) is 0 Å².